The van der Waals surface area contributed by atoms with Crippen LogP contribution in [0.1, 0.15) is 37.6 Å². The molecule has 0 aliphatic carbocycles. The average molecular weight is 333 g/mol. The van der Waals surface area contributed by atoms with Gasteiger partial charge in [0.15, 0.2) is 0 Å². The summed E-state index contributed by atoms with van der Waals surface area (Å²) in [7, 11) is 0. The number of aryl methyl sites for hydroxylation is 2. The van der Waals surface area contributed by atoms with Gasteiger partial charge in [-0.25, -0.2) is 10.3 Å². The molecule has 2 rings (SSSR count). The van der Waals surface area contributed by atoms with Crippen molar-refractivity contribution in [3.8, 4) is 5.88 Å². The van der Waals surface area contributed by atoms with E-state index < -0.39 is 17.6 Å². The lowest BCUT2D eigenvalue weighted by Crippen LogP contribution is -2.37. The summed E-state index contributed by atoms with van der Waals surface area (Å²) in [6, 6.07) is 8.94. The number of benzene rings is 1. The number of nitrogens with zero attached hydrogens (tertiary/aromatic N) is 1. The Labute approximate surface area is 139 Å². The summed E-state index contributed by atoms with van der Waals surface area (Å²) in [5, 5.41) is 19.2. The van der Waals surface area contributed by atoms with E-state index in [0.29, 0.717) is 12.1 Å². The molecule has 130 valence electrons. The summed E-state index contributed by atoms with van der Waals surface area (Å²) in [6.07, 6.45) is 2.04. The third kappa shape index (κ3) is 3.86. The monoisotopic (exact) mass is 333 g/mol. The van der Waals surface area contributed by atoms with Gasteiger partial charge in [0.05, 0.1) is 5.69 Å². The van der Waals surface area contributed by atoms with Crippen LogP contribution in [0, 0.1) is 5.92 Å². The van der Waals surface area contributed by atoms with E-state index in [2.05, 4.69) is 4.98 Å². The predicted octanol–water partition coefficient (Wildman–Crippen LogP) is 1.76. The van der Waals surface area contributed by atoms with Crippen molar-refractivity contribution >= 4 is 5.91 Å². The van der Waals surface area contributed by atoms with E-state index in [4.69, 9.17) is 5.21 Å². The summed E-state index contributed by atoms with van der Waals surface area (Å²) in [6.45, 7) is 3.46. The van der Waals surface area contributed by atoms with Gasteiger partial charge in [0.25, 0.3) is 5.91 Å². The van der Waals surface area contributed by atoms with Gasteiger partial charge in [0.1, 0.15) is 6.04 Å². The number of hydroxylamine groups is 1. The molecule has 0 aliphatic heterocycles. The van der Waals surface area contributed by atoms with E-state index in [1.54, 1.807) is 19.3 Å². The number of hydrogen-bond donors (Lipinski definition) is 4. The van der Waals surface area contributed by atoms with Gasteiger partial charge in [0, 0.05) is 0 Å². The smallest absolute Gasteiger partial charge is 0.329 e. The van der Waals surface area contributed by atoms with Gasteiger partial charge in [0.2, 0.25) is 5.88 Å². The lowest BCUT2D eigenvalue weighted by molar-refractivity contribution is -0.134. The molecule has 0 fully saturated rings. The van der Waals surface area contributed by atoms with Crippen molar-refractivity contribution in [3.63, 3.8) is 0 Å². The van der Waals surface area contributed by atoms with Crippen LogP contribution < -0.4 is 11.2 Å². The maximum atomic E-state index is 12.1. The second-order valence-electron chi connectivity index (χ2n) is 6.11. The van der Waals surface area contributed by atoms with E-state index >= 15 is 0 Å². The highest BCUT2D eigenvalue weighted by Crippen LogP contribution is 2.25. The molecule has 1 atom stereocenters. The van der Waals surface area contributed by atoms with E-state index in [0.717, 1.165) is 17.4 Å². The number of carbonyl (C=O) groups excluding carboxylic acids is 1. The first kappa shape index (κ1) is 17.8. The molecule has 2 aromatic rings. The Morgan fingerprint density at radius 2 is 1.92 bits per heavy atom. The Morgan fingerprint density at radius 3 is 2.50 bits per heavy atom. The fourth-order valence-corrected chi connectivity index (χ4v) is 2.82. The van der Waals surface area contributed by atoms with Crippen molar-refractivity contribution in [2.45, 2.75) is 39.2 Å². The fourth-order valence-electron chi connectivity index (χ4n) is 2.82. The molecular weight excluding hydrogens is 310 g/mol. The molecule has 0 saturated heterocycles. The Kier molecular flexibility index (Phi) is 5.81. The molecule has 1 aromatic heterocycles. The maximum Gasteiger partial charge on any atom is 0.329 e. The molecule has 0 bridgehead atoms. The molecule has 0 spiro atoms. The SMILES string of the molecule is CC(C)C(C(=O)NO)n1c(O)c(CCCc2ccccc2)[nH]c1=O. The van der Waals surface area contributed by atoms with Gasteiger partial charge in [-0.2, -0.15) is 0 Å². The van der Waals surface area contributed by atoms with Crippen LogP contribution in [0.2, 0.25) is 0 Å². The molecule has 0 saturated carbocycles. The zero-order valence-electron chi connectivity index (χ0n) is 13.8. The van der Waals surface area contributed by atoms with E-state index in [9.17, 15) is 14.7 Å². The summed E-state index contributed by atoms with van der Waals surface area (Å²) in [4.78, 5) is 26.6. The summed E-state index contributed by atoms with van der Waals surface area (Å²) in [5.41, 5.74) is 2.56. The predicted molar refractivity (Wildman–Crippen MR) is 89.0 cm³/mol. The lowest BCUT2D eigenvalue weighted by Gasteiger charge is -2.19. The molecule has 0 aliphatic rings. The minimum Gasteiger partial charge on any atom is -0.493 e. The molecule has 1 aromatic carbocycles. The van der Waals surface area contributed by atoms with E-state index in [-0.39, 0.29) is 11.8 Å². The van der Waals surface area contributed by atoms with Crippen molar-refractivity contribution < 1.29 is 15.1 Å². The highest BCUT2D eigenvalue weighted by atomic mass is 16.5. The second kappa shape index (κ2) is 7.83. The van der Waals surface area contributed by atoms with E-state index in [1.807, 2.05) is 30.3 Å². The molecular formula is C17H23N3O4. The van der Waals surface area contributed by atoms with Crippen LogP contribution in [-0.2, 0) is 17.6 Å². The number of amides is 1. The Morgan fingerprint density at radius 1 is 1.25 bits per heavy atom. The van der Waals surface area contributed by atoms with Crippen LogP contribution in [0.4, 0.5) is 0 Å². The van der Waals surface area contributed by atoms with Crippen molar-refractivity contribution in [1.29, 1.82) is 0 Å². The fraction of sp³-hybridized carbons (Fsp3) is 0.412. The van der Waals surface area contributed by atoms with E-state index in [1.165, 1.54) is 5.56 Å². The standard InChI is InChI=1S/C17H23N3O4/c1-11(2)14(15(21)19-24)20-16(22)13(18-17(20)23)10-6-9-12-7-4-3-5-8-12/h3-5,7-8,11,14,22,24H,6,9-10H2,1-2H3,(H,18,23)(H,19,21). The van der Waals surface area contributed by atoms with Crippen molar-refractivity contribution in [2.75, 3.05) is 0 Å². The van der Waals surface area contributed by atoms with Crippen LogP contribution in [-0.4, -0.2) is 25.8 Å². The minimum atomic E-state index is -0.985. The molecule has 4 N–H and O–H groups in total. The number of aromatic amines is 1. The lowest BCUT2D eigenvalue weighted by atomic mass is 10.0. The van der Waals surface area contributed by atoms with Gasteiger partial charge in [-0.05, 0) is 30.7 Å². The average Bonchev–Trinajstić information content (AvgIpc) is 2.83. The molecule has 1 amide bonds. The third-order valence-corrected chi connectivity index (χ3v) is 4.00. The topological polar surface area (TPSA) is 107 Å². The van der Waals surface area contributed by atoms with Gasteiger partial charge >= 0.3 is 5.69 Å². The van der Waals surface area contributed by atoms with Crippen LogP contribution >= 0.6 is 0 Å². The number of hydrogen-bond acceptors (Lipinski definition) is 4. The molecule has 1 unspecified atom stereocenters. The highest BCUT2D eigenvalue weighted by molar-refractivity contribution is 5.79. The van der Waals surface area contributed by atoms with Crippen LogP contribution in [0.3, 0.4) is 0 Å². The number of nitrogens with one attached hydrogen (secondary N) is 2. The number of rotatable bonds is 7. The highest BCUT2D eigenvalue weighted by Gasteiger charge is 2.29. The number of aromatic hydroxyl groups is 1. The maximum absolute atomic E-state index is 12.1. The Hall–Kier alpha value is -2.54. The Bertz CT molecular complexity index is 734. The number of carbonyl (C=O) groups is 1. The van der Waals surface area contributed by atoms with Crippen LogP contribution in [0.25, 0.3) is 0 Å². The Balaban J connectivity index is 2.16. The molecule has 1 heterocycles. The van der Waals surface area contributed by atoms with Crippen molar-refractivity contribution in [3.05, 3.63) is 52.1 Å². The van der Waals surface area contributed by atoms with Gasteiger partial charge < -0.3 is 10.1 Å². The minimum absolute atomic E-state index is 0.254. The van der Waals surface area contributed by atoms with Gasteiger partial charge in [-0.15, -0.1) is 0 Å². The first-order chi connectivity index (χ1) is 11.5. The number of imidazole rings is 1. The third-order valence-electron chi connectivity index (χ3n) is 4.00. The quantitative estimate of drug-likeness (QED) is 0.457. The molecule has 0 radical (unpaired) electrons. The molecule has 24 heavy (non-hydrogen) atoms. The normalized spacial score (nSPS) is 12.3. The van der Waals surface area contributed by atoms with Crippen molar-refractivity contribution in [2.24, 2.45) is 5.92 Å². The van der Waals surface area contributed by atoms with Gasteiger partial charge in [-0.1, -0.05) is 44.2 Å². The summed E-state index contributed by atoms with van der Waals surface area (Å²) >= 11 is 0. The second-order valence-corrected chi connectivity index (χ2v) is 6.11. The largest absolute Gasteiger partial charge is 0.493 e. The van der Waals surface area contributed by atoms with Crippen LogP contribution in [0.15, 0.2) is 35.1 Å². The van der Waals surface area contributed by atoms with Crippen LogP contribution in [0.5, 0.6) is 5.88 Å². The number of aromatic nitrogens is 2. The molecule has 7 heteroatoms. The van der Waals surface area contributed by atoms with Crippen molar-refractivity contribution in [1.82, 2.24) is 15.0 Å². The summed E-state index contributed by atoms with van der Waals surface area (Å²) in [5.74, 6) is -1.28. The molecule has 7 nitrogen and oxygen atoms in total. The first-order valence-corrected chi connectivity index (χ1v) is 7.96. The zero-order chi connectivity index (χ0) is 17.7. The first-order valence-electron chi connectivity index (χ1n) is 7.96. The van der Waals surface area contributed by atoms with Gasteiger partial charge in [-0.3, -0.25) is 14.6 Å². The summed E-state index contributed by atoms with van der Waals surface area (Å²) < 4.78 is 0.994. The number of H-pyrrole nitrogens is 1. The zero-order valence-corrected chi connectivity index (χ0v) is 13.8.